The zero-order chi connectivity index (χ0) is 16.9. The zero-order valence-corrected chi connectivity index (χ0v) is 14.2. The van der Waals surface area contributed by atoms with Crippen molar-refractivity contribution in [1.29, 1.82) is 0 Å². The number of carbonyl (C=O) groups excluding carboxylic acids is 1. The van der Waals surface area contributed by atoms with Crippen molar-refractivity contribution in [2.24, 2.45) is 0 Å². The Morgan fingerprint density at radius 1 is 1.38 bits per heavy atom. The molecule has 0 radical (unpaired) electrons. The van der Waals surface area contributed by atoms with Crippen molar-refractivity contribution in [3.05, 3.63) is 53.9 Å². The number of hydrogen-bond donors (Lipinski definition) is 1. The predicted octanol–water partition coefficient (Wildman–Crippen LogP) is 1.48. The van der Waals surface area contributed by atoms with E-state index < -0.39 is 0 Å². The minimum Gasteiger partial charge on any atom is -0.373 e. The quantitative estimate of drug-likeness (QED) is 0.903. The molecule has 1 aliphatic heterocycles. The summed E-state index contributed by atoms with van der Waals surface area (Å²) in [5.74, 6) is 0.0582. The highest BCUT2D eigenvalue weighted by Gasteiger charge is 2.32. The van der Waals surface area contributed by atoms with Crippen LogP contribution in [0.5, 0.6) is 0 Å². The van der Waals surface area contributed by atoms with E-state index in [-0.39, 0.29) is 18.1 Å². The van der Waals surface area contributed by atoms with Gasteiger partial charge in [0.1, 0.15) is 0 Å². The number of aromatic amines is 1. The first-order valence-electron chi connectivity index (χ1n) is 8.24. The summed E-state index contributed by atoms with van der Waals surface area (Å²) in [5.41, 5.74) is 2.05. The second kappa shape index (κ2) is 7.59. The molecule has 3 rings (SSSR count). The highest BCUT2D eigenvalue weighted by molar-refractivity contribution is 5.78. The number of likely N-dealkylation sites (N-methyl/N-ethyl adjacent to an activating group) is 2. The third kappa shape index (κ3) is 3.83. The van der Waals surface area contributed by atoms with E-state index >= 15 is 0 Å². The Kier molecular flexibility index (Phi) is 5.27. The van der Waals surface area contributed by atoms with Gasteiger partial charge in [-0.25, -0.2) is 0 Å². The largest absolute Gasteiger partial charge is 0.373 e. The van der Waals surface area contributed by atoms with E-state index in [1.807, 2.05) is 31.3 Å². The van der Waals surface area contributed by atoms with Crippen LogP contribution in [0.1, 0.15) is 17.3 Å². The van der Waals surface area contributed by atoms with E-state index in [1.54, 1.807) is 11.1 Å². The molecule has 6 nitrogen and oxygen atoms in total. The maximum absolute atomic E-state index is 12.4. The molecule has 1 aliphatic rings. The summed E-state index contributed by atoms with van der Waals surface area (Å²) in [4.78, 5) is 16.5. The third-order valence-corrected chi connectivity index (χ3v) is 4.52. The second-order valence-electron chi connectivity index (χ2n) is 6.28. The minimum absolute atomic E-state index is 0.0399. The van der Waals surface area contributed by atoms with Gasteiger partial charge in [-0.3, -0.25) is 14.8 Å². The summed E-state index contributed by atoms with van der Waals surface area (Å²) in [6.45, 7) is 2.14. The Morgan fingerprint density at radius 2 is 2.17 bits per heavy atom. The fraction of sp³-hybridized carbons (Fsp3) is 0.444. The molecule has 6 heteroatoms. The van der Waals surface area contributed by atoms with Gasteiger partial charge in [-0.2, -0.15) is 5.10 Å². The number of nitrogens with one attached hydrogen (secondary N) is 1. The highest BCUT2D eigenvalue weighted by atomic mass is 16.5. The smallest absolute Gasteiger partial charge is 0.228 e. The zero-order valence-electron chi connectivity index (χ0n) is 14.2. The van der Waals surface area contributed by atoms with Gasteiger partial charge < -0.3 is 9.64 Å². The average Bonchev–Trinajstić information content (AvgIpc) is 3.08. The van der Waals surface area contributed by atoms with Crippen molar-refractivity contribution < 1.29 is 9.53 Å². The predicted molar refractivity (Wildman–Crippen MR) is 91.5 cm³/mol. The monoisotopic (exact) mass is 328 g/mol. The van der Waals surface area contributed by atoms with Crippen LogP contribution in [0.3, 0.4) is 0 Å². The van der Waals surface area contributed by atoms with Crippen LogP contribution in [0.2, 0.25) is 0 Å². The van der Waals surface area contributed by atoms with Crippen molar-refractivity contribution >= 4 is 5.91 Å². The molecule has 128 valence electrons. The molecule has 2 atom stereocenters. The lowest BCUT2D eigenvalue weighted by Gasteiger charge is -2.40. The van der Waals surface area contributed by atoms with Gasteiger partial charge in [0.25, 0.3) is 0 Å². The van der Waals surface area contributed by atoms with Gasteiger partial charge in [0.2, 0.25) is 5.91 Å². The molecule has 1 amide bonds. The topological polar surface area (TPSA) is 61.5 Å². The van der Waals surface area contributed by atoms with Gasteiger partial charge in [-0.05, 0) is 18.7 Å². The van der Waals surface area contributed by atoms with E-state index in [2.05, 4.69) is 34.3 Å². The molecule has 1 saturated heterocycles. The Bertz CT molecular complexity index is 644. The molecule has 0 spiro atoms. The summed E-state index contributed by atoms with van der Waals surface area (Å²) in [6, 6.07) is 12.3. The van der Waals surface area contributed by atoms with Crippen LogP contribution in [0.25, 0.3) is 0 Å². The number of carbonyl (C=O) groups is 1. The number of benzene rings is 1. The van der Waals surface area contributed by atoms with Crippen LogP contribution in [0.15, 0.2) is 42.6 Å². The van der Waals surface area contributed by atoms with Gasteiger partial charge in [0.05, 0.1) is 25.2 Å². The fourth-order valence-electron chi connectivity index (χ4n) is 3.19. The SMILES string of the molecule is CN(C[C@@H]1OCCN(C)[C@H]1c1ccccc1)C(=O)Cc1ccn[nH]1. The second-order valence-corrected chi connectivity index (χ2v) is 6.28. The molecule has 1 aromatic heterocycles. The first-order chi connectivity index (χ1) is 11.6. The lowest BCUT2D eigenvalue weighted by Crippen LogP contribution is -2.48. The fourth-order valence-corrected chi connectivity index (χ4v) is 3.19. The number of amides is 1. The molecule has 1 fully saturated rings. The first kappa shape index (κ1) is 16.7. The lowest BCUT2D eigenvalue weighted by molar-refractivity contribution is -0.134. The summed E-state index contributed by atoms with van der Waals surface area (Å²) < 4.78 is 6.02. The van der Waals surface area contributed by atoms with Crippen LogP contribution >= 0.6 is 0 Å². The number of nitrogens with zero attached hydrogens (tertiary/aromatic N) is 3. The molecule has 0 unspecified atom stereocenters. The molecule has 2 aromatic rings. The summed E-state index contributed by atoms with van der Waals surface area (Å²) >= 11 is 0. The number of morpholine rings is 1. The molecule has 1 aromatic carbocycles. The van der Waals surface area contributed by atoms with Gasteiger partial charge in [0, 0.05) is 32.0 Å². The third-order valence-electron chi connectivity index (χ3n) is 4.52. The van der Waals surface area contributed by atoms with E-state index in [0.717, 1.165) is 12.2 Å². The molecule has 2 heterocycles. The van der Waals surface area contributed by atoms with Crippen molar-refractivity contribution in [3.8, 4) is 0 Å². The number of rotatable bonds is 5. The Balaban J connectivity index is 1.68. The highest BCUT2D eigenvalue weighted by Crippen LogP contribution is 2.28. The standard InChI is InChI=1S/C18H24N4O2/c1-21-10-11-24-16(18(21)14-6-4-3-5-7-14)13-22(2)17(23)12-15-8-9-19-20-15/h3-9,16,18H,10-13H2,1-2H3,(H,19,20)/t16-,18-/m0/s1. The van der Waals surface area contributed by atoms with Gasteiger partial charge in [-0.1, -0.05) is 30.3 Å². The Labute approximate surface area is 142 Å². The van der Waals surface area contributed by atoms with Crippen LogP contribution in [0.4, 0.5) is 0 Å². The van der Waals surface area contributed by atoms with E-state index in [0.29, 0.717) is 19.6 Å². The summed E-state index contributed by atoms with van der Waals surface area (Å²) in [7, 11) is 3.94. The van der Waals surface area contributed by atoms with Crippen LogP contribution in [-0.4, -0.2) is 65.8 Å². The maximum atomic E-state index is 12.4. The Hall–Kier alpha value is -2.18. The van der Waals surface area contributed by atoms with Crippen LogP contribution < -0.4 is 0 Å². The molecule has 0 bridgehead atoms. The van der Waals surface area contributed by atoms with E-state index in [9.17, 15) is 4.79 Å². The van der Waals surface area contributed by atoms with Gasteiger partial charge in [0.15, 0.2) is 0 Å². The minimum atomic E-state index is -0.0399. The van der Waals surface area contributed by atoms with Crippen molar-refractivity contribution in [3.63, 3.8) is 0 Å². The average molecular weight is 328 g/mol. The number of aromatic nitrogens is 2. The van der Waals surface area contributed by atoms with Crippen molar-refractivity contribution in [2.75, 3.05) is 33.8 Å². The molecular weight excluding hydrogens is 304 g/mol. The molecular formula is C18H24N4O2. The first-order valence-corrected chi connectivity index (χ1v) is 8.24. The maximum Gasteiger partial charge on any atom is 0.228 e. The normalized spacial score (nSPS) is 21.6. The molecule has 24 heavy (non-hydrogen) atoms. The Morgan fingerprint density at radius 3 is 2.88 bits per heavy atom. The van der Waals surface area contributed by atoms with Gasteiger partial charge >= 0.3 is 0 Å². The molecule has 1 N–H and O–H groups in total. The van der Waals surface area contributed by atoms with Crippen LogP contribution in [-0.2, 0) is 16.0 Å². The summed E-state index contributed by atoms with van der Waals surface area (Å²) in [6.07, 6.45) is 1.95. The number of ether oxygens (including phenoxy) is 1. The summed E-state index contributed by atoms with van der Waals surface area (Å²) in [5, 5.41) is 6.72. The lowest BCUT2D eigenvalue weighted by atomic mass is 9.98. The van der Waals surface area contributed by atoms with Crippen LogP contribution in [0, 0.1) is 0 Å². The van der Waals surface area contributed by atoms with Crippen molar-refractivity contribution in [1.82, 2.24) is 20.0 Å². The number of H-pyrrole nitrogens is 1. The van der Waals surface area contributed by atoms with Crippen molar-refractivity contribution in [2.45, 2.75) is 18.6 Å². The number of hydrogen-bond acceptors (Lipinski definition) is 4. The molecule has 0 aliphatic carbocycles. The van der Waals surface area contributed by atoms with E-state index in [4.69, 9.17) is 4.74 Å². The van der Waals surface area contributed by atoms with E-state index in [1.165, 1.54) is 5.56 Å². The molecule has 0 saturated carbocycles. The van der Waals surface area contributed by atoms with Gasteiger partial charge in [-0.15, -0.1) is 0 Å².